The number of sulfonamides is 1. The zero-order valence-corrected chi connectivity index (χ0v) is 12.8. The maximum Gasteiger partial charge on any atom is 0.417 e. The van der Waals surface area contributed by atoms with E-state index in [1.54, 1.807) is 0 Å². The van der Waals surface area contributed by atoms with Crippen molar-refractivity contribution in [2.45, 2.75) is 4.90 Å². The summed E-state index contributed by atoms with van der Waals surface area (Å²) in [5.74, 6) is -0.601. The second kappa shape index (κ2) is 6.21. The van der Waals surface area contributed by atoms with E-state index in [0.29, 0.717) is 24.2 Å². The Morgan fingerprint density at radius 1 is 1.27 bits per heavy atom. The van der Waals surface area contributed by atoms with Crippen LogP contribution in [0.5, 0.6) is 0 Å². The van der Waals surface area contributed by atoms with Gasteiger partial charge in [-0.05, 0) is 18.2 Å². The molecule has 2 aromatic rings. The molecule has 3 rings (SSSR count). The van der Waals surface area contributed by atoms with Gasteiger partial charge >= 0.3 is 5.76 Å². The number of piperazine rings is 1. The summed E-state index contributed by atoms with van der Waals surface area (Å²) < 4.78 is 32.0. The highest BCUT2D eigenvalue weighted by Gasteiger charge is 2.16. The molecule has 1 aromatic carbocycles. The lowest BCUT2D eigenvalue weighted by Crippen LogP contribution is -2.46. The van der Waals surface area contributed by atoms with Gasteiger partial charge < -0.3 is 9.73 Å². The van der Waals surface area contributed by atoms with Crippen molar-refractivity contribution in [1.82, 2.24) is 19.9 Å². The van der Waals surface area contributed by atoms with Gasteiger partial charge in [-0.2, -0.15) is 0 Å². The minimum absolute atomic E-state index is 0.109. The molecule has 1 aliphatic rings. The number of oxazole rings is 1. The molecule has 3 N–H and O–H groups in total. The molecule has 1 aliphatic heterocycles. The molecule has 2 heterocycles. The van der Waals surface area contributed by atoms with Crippen molar-refractivity contribution >= 4 is 21.1 Å². The lowest BCUT2D eigenvalue weighted by molar-refractivity contribution is 0.245. The Bertz CT molecular complexity index is 805. The van der Waals surface area contributed by atoms with E-state index in [9.17, 15) is 13.2 Å². The van der Waals surface area contributed by atoms with E-state index in [-0.39, 0.29) is 4.90 Å². The largest absolute Gasteiger partial charge is 0.417 e. The third kappa shape index (κ3) is 3.38. The predicted octanol–water partition coefficient (Wildman–Crippen LogP) is -0.695. The summed E-state index contributed by atoms with van der Waals surface area (Å²) in [6.07, 6.45) is 0. The van der Waals surface area contributed by atoms with Gasteiger partial charge in [0, 0.05) is 39.3 Å². The number of aromatic nitrogens is 1. The predicted molar refractivity (Wildman–Crippen MR) is 81.3 cm³/mol. The average Bonchev–Trinajstić information content (AvgIpc) is 2.87. The van der Waals surface area contributed by atoms with Crippen LogP contribution in [0.3, 0.4) is 0 Å². The molecule has 0 saturated carbocycles. The van der Waals surface area contributed by atoms with Crippen LogP contribution in [0.2, 0.25) is 0 Å². The van der Waals surface area contributed by atoms with Crippen LogP contribution in [0.25, 0.3) is 11.1 Å². The number of aromatic amines is 1. The van der Waals surface area contributed by atoms with Crippen LogP contribution < -0.4 is 15.8 Å². The lowest BCUT2D eigenvalue weighted by atomic mass is 10.3. The molecule has 1 fully saturated rings. The van der Waals surface area contributed by atoms with Crippen molar-refractivity contribution in [1.29, 1.82) is 0 Å². The highest BCUT2D eigenvalue weighted by Crippen LogP contribution is 2.16. The monoisotopic (exact) mass is 326 g/mol. The zero-order valence-electron chi connectivity index (χ0n) is 12.0. The molecule has 0 atom stereocenters. The van der Waals surface area contributed by atoms with Crippen LogP contribution in [-0.4, -0.2) is 57.6 Å². The van der Waals surface area contributed by atoms with Crippen molar-refractivity contribution < 1.29 is 12.8 Å². The molecule has 0 radical (unpaired) electrons. The van der Waals surface area contributed by atoms with E-state index >= 15 is 0 Å². The first-order valence-corrected chi connectivity index (χ1v) is 8.58. The summed E-state index contributed by atoms with van der Waals surface area (Å²) in [5.41, 5.74) is 0.708. The number of nitrogens with one attached hydrogen (secondary N) is 3. The fourth-order valence-electron chi connectivity index (χ4n) is 2.45. The van der Waals surface area contributed by atoms with Crippen molar-refractivity contribution in [2.24, 2.45) is 0 Å². The SMILES string of the molecule is O=c1[nH]c2cc(S(=O)(=O)NCCN3CCNCC3)ccc2o1. The van der Waals surface area contributed by atoms with Crippen LogP contribution in [0, 0.1) is 0 Å². The third-order valence-corrected chi connectivity index (χ3v) is 5.09. The fraction of sp³-hybridized carbons (Fsp3) is 0.462. The van der Waals surface area contributed by atoms with Gasteiger partial charge in [0.15, 0.2) is 5.58 Å². The molecule has 0 spiro atoms. The summed E-state index contributed by atoms with van der Waals surface area (Å²) in [7, 11) is -3.60. The molecule has 8 nitrogen and oxygen atoms in total. The minimum atomic E-state index is -3.60. The van der Waals surface area contributed by atoms with Crippen LogP contribution in [-0.2, 0) is 10.0 Å². The summed E-state index contributed by atoms with van der Waals surface area (Å²) in [5, 5.41) is 3.25. The number of hydrogen-bond acceptors (Lipinski definition) is 6. The third-order valence-electron chi connectivity index (χ3n) is 3.63. The second-order valence-electron chi connectivity index (χ2n) is 5.16. The van der Waals surface area contributed by atoms with Crippen LogP contribution in [0.1, 0.15) is 0 Å². The lowest BCUT2D eigenvalue weighted by Gasteiger charge is -2.27. The Morgan fingerprint density at radius 3 is 2.82 bits per heavy atom. The normalized spacial score (nSPS) is 17.1. The Morgan fingerprint density at radius 2 is 2.05 bits per heavy atom. The summed E-state index contributed by atoms with van der Waals surface area (Å²) >= 11 is 0. The van der Waals surface area contributed by atoms with Gasteiger partial charge in [0.1, 0.15) is 0 Å². The first-order chi connectivity index (χ1) is 10.5. The van der Waals surface area contributed by atoms with Gasteiger partial charge in [-0.1, -0.05) is 0 Å². The summed E-state index contributed by atoms with van der Waals surface area (Å²) in [6.45, 7) is 4.72. The Kier molecular flexibility index (Phi) is 4.30. The maximum absolute atomic E-state index is 12.3. The highest BCUT2D eigenvalue weighted by molar-refractivity contribution is 7.89. The summed E-state index contributed by atoms with van der Waals surface area (Å²) in [4.78, 5) is 15.9. The van der Waals surface area contributed by atoms with Crippen molar-refractivity contribution in [2.75, 3.05) is 39.3 Å². The number of H-pyrrole nitrogens is 1. The molecule has 1 saturated heterocycles. The number of fused-ring (bicyclic) bond motifs is 1. The van der Waals surface area contributed by atoms with E-state index in [4.69, 9.17) is 4.42 Å². The molecule has 9 heteroatoms. The first-order valence-electron chi connectivity index (χ1n) is 7.10. The standard InChI is InChI=1S/C13H18N4O4S/c18-13-16-11-9-10(1-2-12(11)21-13)22(19,20)15-5-8-17-6-3-14-4-7-17/h1-2,9,14-15H,3-8H2,(H,16,18). The topological polar surface area (TPSA) is 107 Å². The van der Waals surface area contributed by atoms with Gasteiger partial charge in [0.25, 0.3) is 0 Å². The van der Waals surface area contributed by atoms with Crippen LogP contribution in [0.4, 0.5) is 0 Å². The van der Waals surface area contributed by atoms with Gasteiger partial charge in [-0.3, -0.25) is 9.88 Å². The zero-order chi connectivity index (χ0) is 15.6. The Hall–Kier alpha value is -1.68. The summed E-state index contributed by atoms with van der Waals surface area (Å²) in [6, 6.07) is 4.29. The van der Waals surface area contributed by atoms with Crippen molar-refractivity contribution in [3.63, 3.8) is 0 Å². The maximum atomic E-state index is 12.3. The Balaban J connectivity index is 1.66. The quantitative estimate of drug-likeness (QED) is 0.671. The molecule has 0 aliphatic carbocycles. The fourth-order valence-corrected chi connectivity index (χ4v) is 3.50. The molecular formula is C13H18N4O4S. The Labute approximate surface area is 127 Å². The van der Waals surface area contributed by atoms with E-state index in [1.165, 1.54) is 18.2 Å². The van der Waals surface area contributed by atoms with Crippen molar-refractivity contribution in [3.8, 4) is 0 Å². The van der Waals surface area contributed by atoms with E-state index < -0.39 is 15.8 Å². The molecule has 0 amide bonds. The number of nitrogens with zero attached hydrogens (tertiary/aromatic N) is 1. The molecule has 0 unspecified atom stereocenters. The number of hydrogen-bond donors (Lipinski definition) is 3. The second-order valence-corrected chi connectivity index (χ2v) is 6.93. The van der Waals surface area contributed by atoms with Gasteiger partial charge in [-0.25, -0.2) is 17.9 Å². The minimum Gasteiger partial charge on any atom is -0.408 e. The highest BCUT2D eigenvalue weighted by atomic mass is 32.2. The van der Waals surface area contributed by atoms with E-state index in [0.717, 1.165) is 26.2 Å². The average molecular weight is 326 g/mol. The first kappa shape index (κ1) is 15.2. The molecule has 22 heavy (non-hydrogen) atoms. The van der Waals surface area contributed by atoms with Crippen LogP contribution >= 0.6 is 0 Å². The molecular weight excluding hydrogens is 308 g/mol. The number of rotatable bonds is 5. The smallest absolute Gasteiger partial charge is 0.408 e. The molecule has 0 bridgehead atoms. The molecule has 1 aromatic heterocycles. The van der Waals surface area contributed by atoms with Crippen molar-refractivity contribution in [3.05, 3.63) is 28.7 Å². The van der Waals surface area contributed by atoms with Gasteiger partial charge in [0.05, 0.1) is 10.4 Å². The number of benzene rings is 1. The van der Waals surface area contributed by atoms with Gasteiger partial charge in [0.2, 0.25) is 10.0 Å². The molecule has 120 valence electrons. The van der Waals surface area contributed by atoms with Crippen LogP contribution in [0.15, 0.2) is 32.3 Å². The van der Waals surface area contributed by atoms with E-state index in [1.807, 2.05) is 0 Å². The van der Waals surface area contributed by atoms with Gasteiger partial charge in [-0.15, -0.1) is 0 Å². The van der Waals surface area contributed by atoms with E-state index in [2.05, 4.69) is 19.9 Å².